The predicted octanol–water partition coefficient (Wildman–Crippen LogP) is 9.90. The highest BCUT2D eigenvalue weighted by Gasteiger charge is 2.24. The Labute approximate surface area is 268 Å². The van der Waals surface area contributed by atoms with E-state index in [1.54, 1.807) is 0 Å². The molecule has 0 radical (unpaired) electrons. The SMILES string of the molecule is CCCCCCCCCCCCC=CCC(O)C(CN1CCOCC1)NC(=O)CCCCCCCCCCCCCCC. The number of ether oxygens (including phenoxy) is 1. The predicted molar refractivity (Wildman–Crippen MR) is 186 cm³/mol. The molecule has 43 heavy (non-hydrogen) atoms. The van der Waals surface area contributed by atoms with Crippen LogP contribution in [0.4, 0.5) is 0 Å². The van der Waals surface area contributed by atoms with E-state index >= 15 is 0 Å². The number of nitrogens with zero attached hydrogens (tertiary/aromatic N) is 1. The summed E-state index contributed by atoms with van der Waals surface area (Å²) in [5.41, 5.74) is 0. The van der Waals surface area contributed by atoms with E-state index in [-0.39, 0.29) is 11.9 Å². The van der Waals surface area contributed by atoms with Gasteiger partial charge in [0.25, 0.3) is 0 Å². The van der Waals surface area contributed by atoms with Crippen LogP contribution < -0.4 is 5.32 Å². The van der Waals surface area contributed by atoms with E-state index in [0.717, 1.165) is 45.6 Å². The number of carbonyl (C=O) groups is 1. The highest BCUT2D eigenvalue weighted by Crippen LogP contribution is 2.14. The molecule has 1 aliphatic heterocycles. The lowest BCUT2D eigenvalue weighted by Gasteiger charge is -2.32. The Morgan fingerprint density at radius 3 is 1.60 bits per heavy atom. The topological polar surface area (TPSA) is 61.8 Å². The Kier molecular flexibility index (Phi) is 29.0. The van der Waals surface area contributed by atoms with Gasteiger partial charge in [-0.3, -0.25) is 9.69 Å². The summed E-state index contributed by atoms with van der Waals surface area (Å²) < 4.78 is 5.50. The summed E-state index contributed by atoms with van der Waals surface area (Å²) in [5, 5.41) is 14.2. The number of hydrogen-bond donors (Lipinski definition) is 2. The van der Waals surface area contributed by atoms with Crippen LogP contribution in [0.3, 0.4) is 0 Å². The number of aliphatic hydroxyl groups excluding tert-OH is 1. The molecule has 2 N–H and O–H groups in total. The first-order valence-electron chi connectivity index (χ1n) is 19.1. The van der Waals surface area contributed by atoms with Crippen LogP contribution in [0.25, 0.3) is 0 Å². The fourth-order valence-corrected chi connectivity index (χ4v) is 6.18. The summed E-state index contributed by atoms with van der Waals surface area (Å²) in [4.78, 5) is 15.1. The quantitative estimate of drug-likeness (QED) is 0.0609. The molecule has 1 saturated heterocycles. The highest BCUT2D eigenvalue weighted by atomic mass is 16.5. The Morgan fingerprint density at radius 1 is 0.674 bits per heavy atom. The van der Waals surface area contributed by atoms with Crippen molar-refractivity contribution in [2.45, 2.75) is 193 Å². The zero-order valence-electron chi connectivity index (χ0n) is 28.9. The van der Waals surface area contributed by atoms with Gasteiger partial charge in [0, 0.05) is 26.1 Å². The van der Waals surface area contributed by atoms with Crippen molar-refractivity contribution < 1.29 is 14.6 Å². The summed E-state index contributed by atoms with van der Waals surface area (Å²) in [6.45, 7) is 8.45. The number of amides is 1. The van der Waals surface area contributed by atoms with Gasteiger partial charge in [-0.15, -0.1) is 0 Å². The van der Waals surface area contributed by atoms with Crippen molar-refractivity contribution in [3.05, 3.63) is 12.2 Å². The Morgan fingerprint density at radius 2 is 1.12 bits per heavy atom. The van der Waals surface area contributed by atoms with Crippen molar-refractivity contribution in [2.75, 3.05) is 32.8 Å². The molecule has 0 aromatic carbocycles. The number of nitrogens with one attached hydrogen (secondary N) is 1. The van der Waals surface area contributed by atoms with Crippen molar-refractivity contribution >= 4 is 5.91 Å². The Balaban J connectivity index is 2.18. The first-order valence-corrected chi connectivity index (χ1v) is 19.1. The third-order valence-corrected chi connectivity index (χ3v) is 9.15. The van der Waals surface area contributed by atoms with Crippen LogP contribution in [0.5, 0.6) is 0 Å². The number of hydrogen-bond acceptors (Lipinski definition) is 4. The molecular formula is C38H74N2O3. The summed E-state index contributed by atoms with van der Waals surface area (Å²) in [7, 11) is 0. The Bertz CT molecular complexity index is 620. The molecule has 0 bridgehead atoms. The average molecular weight is 607 g/mol. The summed E-state index contributed by atoms with van der Waals surface area (Å²) in [6.07, 6.45) is 36.7. The number of rotatable bonds is 31. The van der Waals surface area contributed by atoms with Gasteiger partial charge in [-0.1, -0.05) is 161 Å². The molecule has 1 aliphatic rings. The molecule has 0 aromatic rings. The molecule has 5 heteroatoms. The maximum Gasteiger partial charge on any atom is 0.220 e. The van der Waals surface area contributed by atoms with Gasteiger partial charge >= 0.3 is 0 Å². The van der Waals surface area contributed by atoms with Crippen molar-refractivity contribution in [3.8, 4) is 0 Å². The molecule has 2 unspecified atom stereocenters. The van der Waals surface area contributed by atoms with Gasteiger partial charge in [0.15, 0.2) is 0 Å². The van der Waals surface area contributed by atoms with Crippen LogP contribution in [-0.4, -0.2) is 60.9 Å². The summed E-state index contributed by atoms with van der Waals surface area (Å²) in [5.74, 6) is 0.0923. The third kappa shape index (κ3) is 26.1. The number of morpholine rings is 1. The second-order valence-corrected chi connectivity index (χ2v) is 13.3. The number of unbranched alkanes of at least 4 members (excludes halogenated alkanes) is 22. The number of carbonyl (C=O) groups excluding carboxylic acids is 1. The highest BCUT2D eigenvalue weighted by molar-refractivity contribution is 5.76. The van der Waals surface area contributed by atoms with Crippen molar-refractivity contribution in [1.29, 1.82) is 0 Å². The number of allylic oxidation sites excluding steroid dienone is 1. The smallest absolute Gasteiger partial charge is 0.220 e. The average Bonchev–Trinajstić information content (AvgIpc) is 3.01. The van der Waals surface area contributed by atoms with Crippen molar-refractivity contribution in [2.24, 2.45) is 0 Å². The fraction of sp³-hybridized carbons (Fsp3) is 0.921. The molecule has 254 valence electrons. The lowest BCUT2D eigenvalue weighted by Crippen LogP contribution is -2.52. The van der Waals surface area contributed by atoms with E-state index in [1.807, 2.05) is 0 Å². The zero-order valence-corrected chi connectivity index (χ0v) is 28.9. The Hall–Kier alpha value is -0.910. The summed E-state index contributed by atoms with van der Waals surface area (Å²) in [6, 6.07) is -0.227. The minimum Gasteiger partial charge on any atom is -0.391 e. The van der Waals surface area contributed by atoms with Gasteiger partial charge in [-0.05, 0) is 25.7 Å². The van der Waals surface area contributed by atoms with Gasteiger partial charge < -0.3 is 15.2 Å². The van der Waals surface area contributed by atoms with E-state index in [2.05, 4.69) is 36.2 Å². The normalized spacial score (nSPS) is 15.7. The lowest BCUT2D eigenvalue weighted by molar-refractivity contribution is -0.123. The van der Waals surface area contributed by atoms with Gasteiger partial charge in [0.05, 0.1) is 25.4 Å². The van der Waals surface area contributed by atoms with E-state index < -0.39 is 6.10 Å². The largest absolute Gasteiger partial charge is 0.391 e. The van der Waals surface area contributed by atoms with Crippen LogP contribution in [0, 0.1) is 0 Å². The first kappa shape index (κ1) is 40.1. The van der Waals surface area contributed by atoms with E-state index in [0.29, 0.717) is 19.4 Å². The molecule has 0 aliphatic carbocycles. The van der Waals surface area contributed by atoms with Crippen LogP contribution in [0.1, 0.15) is 181 Å². The molecule has 1 fully saturated rings. The van der Waals surface area contributed by atoms with Gasteiger partial charge in [0.2, 0.25) is 5.91 Å². The maximum atomic E-state index is 12.8. The van der Waals surface area contributed by atoms with Crippen LogP contribution in [0.15, 0.2) is 12.2 Å². The van der Waals surface area contributed by atoms with E-state index in [1.165, 1.54) is 135 Å². The minimum absolute atomic E-state index is 0.0923. The minimum atomic E-state index is -0.553. The standard InChI is InChI=1S/C38H74N2O3/c1-3-5-7-9-11-13-15-17-19-21-23-25-27-29-37(41)36(35-40-31-33-43-34-32-40)39-38(42)30-28-26-24-22-20-18-16-14-12-10-8-6-4-2/h25,27,36-37,41H,3-24,26,28-35H2,1-2H3,(H,39,42). The van der Waals surface area contributed by atoms with Crippen LogP contribution in [-0.2, 0) is 9.53 Å². The molecule has 0 saturated carbocycles. The monoisotopic (exact) mass is 607 g/mol. The van der Waals surface area contributed by atoms with Gasteiger partial charge in [-0.2, -0.15) is 0 Å². The molecule has 0 aromatic heterocycles. The molecule has 1 amide bonds. The van der Waals surface area contributed by atoms with Gasteiger partial charge in [0.1, 0.15) is 0 Å². The van der Waals surface area contributed by atoms with E-state index in [4.69, 9.17) is 4.74 Å². The second kappa shape index (κ2) is 31.1. The molecule has 0 spiro atoms. The van der Waals surface area contributed by atoms with Crippen LogP contribution >= 0.6 is 0 Å². The molecule has 5 nitrogen and oxygen atoms in total. The van der Waals surface area contributed by atoms with Crippen molar-refractivity contribution in [1.82, 2.24) is 10.2 Å². The molecule has 2 atom stereocenters. The zero-order chi connectivity index (χ0) is 31.1. The van der Waals surface area contributed by atoms with Crippen molar-refractivity contribution in [3.63, 3.8) is 0 Å². The molecule has 1 heterocycles. The molecular weight excluding hydrogens is 532 g/mol. The first-order chi connectivity index (χ1) is 21.2. The maximum absolute atomic E-state index is 12.8. The van der Waals surface area contributed by atoms with E-state index in [9.17, 15) is 9.90 Å². The third-order valence-electron chi connectivity index (χ3n) is 9.15. The fourth-order valence-electron chi connectivity index (χ4n) is 6.18. The van der Waals surface area contributed by atoms with Crippen LogP contribution in [0.2, 0.25) is 0 Å². The lowest BCUT2D eigenvalue weighted by atomic mass is 10.0. The number of aliphatic hydroxyl groups is 1. The summed E-state index contributed by atoms with van der Waals surface area (Å²) >= 11 is 0. The molecule has 1 rings (SSSR count). The second-order valence-electron chi connectivity index (χ2n) is 13.3. The van der Waals surface area contributed by atoms with Gasteiger partial charge in [-0.25, -0.2) is 0 Å².